The fourth-order valence-electron chi connectivity index (χ4n) is 2.09. The highest BCUT2D eigenvalue weighted by Crippen LogP contribution is 2.13. The zero-order valence-electron chi connectivity index (χ0n) is 14.3. The van der Waals surface area contributed by atoms with E-state index in [9.17, 15) is 18.0 Å². The van der Waals surface area contributed by atoms with Gasteiger partial charge in [-0.05, 0) is 30.7 Å². The van der Waals surface area contributed by atoms with Gasteiger partial charge >= 0.3 is 0 Å². The molecule has 0 aromatic heterocycles. The molecule has 0 aliphatic heterocycles. The molecule has 0 fully saturated rings. The summed E-state index contributed by atoms with van der Waals surface area (Å²) < 4.78 is 26.9. The molecule has 0 radical (unpaired) electrons. The van der Waals surface area contributed by atoms with Crippen LogP contribution in [0.1, 0.15) is 33.6 Å². The van der Waals surface area contributed by atoms with Crippen LogP contribution >= 0.6 is 0 Å². The second-order valence-electron chi connectivity index (χ2n) is 5.46. The van der Waals surface area contributed by atoms with Gasteiger partial charge in [0.2, 0.25) is 21.8 Å². The first kappa shape index (κ1) is 20.1. The van der Waals surface area contributed by atoms with Crippen molar-refractivity contribution in [1.82, 2.24) is 9.62 Å². The van der Waals surface area contributed by atoms with Crippen molar-refractivity contribution < 1.29 is 18.0 Å². The minimum atomic E-state index is -3.65. The third-order valence-electron chi connectivity index (χ3n) is 3.39. The average Bonchev–Trinajstić information content (AvgIpc) is 2.50. The van der Waals surface area contributed by atoms with Crippen molar-refractivity contribution in [3.8, 4) is 0 Å². The summed E-state index contributed by atoms with van der Waals surface area (Å²) in [6, 6.07) is 5.90. The van der Waals surface area contributed by atoms with Crippen LogP contribution in [0.4, 0.5) is 5.69 Å². The van der Waals surface area contributed by atoms with Gasteiger partial charge in [0.15, 0.2) is 0 Å². The molecule has 0 spiro atoms. The summed E-state index contributed by atoms with van der Waals surface area (Å²) in [4.78, 5) is 24.2. The molecule has 0 unspecified atom stereocenters. The van der Waals surface area contributed by atoms with Crippen LogP contribution in [0, 0.1) is 0 Å². The number of carbonyl (C=O) groups is 2. The number of sulfonamides is 1. The summed E-state index contributed by atoms with van der Waals surface area (Å²) in [7, 11) is -3.65. The van der Waals surface area contributed by atoms with E-state index in [1.807, 2.05) is 6.92 Å². The number of benzene rings is 1. The number of unbranched alkanes of at least 4 members (excludes halogenated alkanes) is 1. The largest absolute Gasteiger partial charge is 0.342 e. The molecule has 0 atom stereocenters. The number of nitrogens with one attached hydrogen (secondary N) is 2. The van der Waals surface area contributed by atoms with Gasteiger partial charge < -0.3 is 10.2 Å². The van der Waals surface area contributed by atoms with Gasteiger partial charge in [-0.3, -0.25) is 9.59 Å². The number of hydrogen-bond donors (Lipinski definition) is 2. The molecule has 0 heterocycles. The highest BCUT2D eigenvalue weighted by Gasteiger charge is 2.15. The standard InChI is InChI=1S/C16H25N3O4S/c1-4-5-11-19(14(3)21)12-10-17-24(22,23)16-8-6-15(7-9-16)18-13(2)20/h6-9,17H,4-5,10-12H2,1-3H3,(H,18,20). The van der Waals surface area contributed by atoms with E-state index in [0.717, 1.165) is 12.8 Å². The van der Waals surface area contributed by atoms with Gasteiger partial charge in [-0.15, -0.1) is 0 Å². The minimum Gasteiger partial charge on any atom is -0.342 e. The Morgan fingerprint density at radius 3 is 2.21 bits per heavy atom. The molecular formula is C16H25N3O4S. The minimum absolute atomic E-state index is 0.0673. The lowest BCUT2D eigenvalue weighted by Gasteiger charge is -2.20. The smallest absolute Gasteiger partial charge is 0.240 e. The molecule has 8 heteroatoms. The second-order valence-corrected chi connectivity index (χ2v) is 7.23. The highest BCUT2D eigenvalue weighted by atomic mass is 32.2. The average molecular weight is 355 g/mol. The molecule has 0 bridgehead atoms. The van der Waals surface area contributed by atoms with Gasteiger partial charge in [0, 0.05) is 39.2 Å². The van der Waals surface area contributed by atoms with Crippen LogP contribution in [0.25, 0.3) is 0 Å². The van der Waals surface area contributed by atoms with E-state index in [-0.39, 0.29) is 23.3 Å². The predicted molar refractivity (Wildman–Crippen MR) is 93.1 cm³/mol. The zero-order chi connectivity index (χ0) is 18.2. The second kappa shape index (κ2) is 9.39. The molecule has 24 heavy (non-hydrogen) atoms. The Labute approximate surface area is 143 Å². The maximum atomic E-state index is 12.2. The quantitative estimate of drug-likeness (QED) is 0.703. The van der Waals surface area contributed by atoms with Crippen LogP contribution in [0.2, 0.25) is 0 Å². The van der Waals surface area contributed by atoms with Crippen molar-refractivity contribution in [2.75, 3.05) is 25.0 Å². The highest BCUT2D eigenvalue weighted by molar-refractivity contribution is 7.89. The number of carbonyl (C=O) groups excluding carboxylic acids is 2. The van der Waals surface area contributed by atoms with E-state index in [1.54, 1.807) is 4.90 Å². The van der Waals surface area contributed by atoms with Crippen molar-refractivity contribution in [2.45, 2.75) is 38.5 Å². The first-order valence-electron chi connectivity index (χ1n) is 7.89. The van der Waals surface area contributed by atoms with Gasteiger partial charge in [-0.2, -0.15) is 0 Å². The van der Waals surface area contributed by atoms with Gasteiger partial charge in [0.05, 0.1) is 4.90 Å². The maximum absolute atomic E-state index is 12.2. The van der Waals surface area contributed by atoms with Gasteiger partial charge in [-0.25, -0.2) is 13.1 Å². The Kier molecular flexibility index (Phi) is 7.87. The zero-order valence-corrected chi connectivity index (χ0v) is 15.1. The van der Waals surface area contributed by atoms with Crippen molar-refractivity contribution in [2.24, 2.45) is 0 Å². The van der Waals surface area contributed by atoms with Crippen LogP contribution in [-0.2, 0) is 19.6 Å². The fraction of sp³-hybridized carbons (Fsp3) is 0.500. The van der Waals surface area contributed by atoms with Gasteiger partial charge in [0.25, 0.3) is 0 Å². The van der Waals surface area contributed by atoms with Crippen molar-refractivity contribution in [1.29, 1.82) is 0 Å². The van der Waals surface area contributed by atoms with Crippen LogP contribution in [0.5, 0.6) is 0 Å². The Bertz CT molecular complexity index is 656. The third kappa shape index (κ3) is 6.67. The molecular weight excluding hydrogens is 330 g/mol. The first-order chi connectivity index (χ1) is 11.3. The van der Waals surface area contributed by atoms with Crippen LogP contribution in [0.3, 0.4) is 0 Å². The number of amides is 2. The molecule has 2 amide bonds. The summed E-state index contributed by atoms with van der Waals surface area (Å²) in [5.74, 6) is -0.289. The van der Waals surface area contributed by atoms with Crippen LogP contribution in [-0.4, -0.2) is 44.8 Å². The third-order valence-corrected chi connectivity index (χ3v) is 4.86. The van der Waals surface area contributed by atoms with Gasteiger partial charge in [0.1, 0.15) is 0 Å². The number of anilines is 1. The Balaban J connectivity index is 2.62. The summed E-state index contributed by atoms with van der Waals surface area (Å²) in [5, 5.41) is 2.58. The lowest BCUT2D eigenvalue weighted by Crippen LogP contribution is -2.38. The Morgan fingerprint density at radius 1 is 1.08 bits per heavy atom. The van der Waals surface area contributed by atoms with Crippen molar-refractivity contribution >= 4 is 27.5 Å². The van der Waals surface area contributed by atoms with Crippen LogP contribution in [0.15, 0.2) is 29.2 Å². The summed E-state index contributed by atoms with van der Waals surface area (Å²) in [5.41, 5.74) is 0.531. The summed E-state index contributed by atoms with van der Waals surface area (Å²) in [6.07, 6.45) is 1.85. The number of hydrogen-bond acceptors (Lipinski definition) is 4. The normalized spacial score (nSPS) is 11.1. The molecule has 1 aromatic rings. The molecule has 0 aliphatic rings. The van der Waals surface area contributed by atoms with E-state index in [1.165, 1.54) is 38.1 Å². The van der Waals surface area contributed by atoms with E-state index in [4.69, 9.17) is 0 Å². The first-order valence-corrected chi connectivity index (χ1v) is 9.37. The lowest BCUT2D eigenvalue weighted by atomic mass is 10.3. The van der Waals surface area contributed by atoms with E-state index >= 15 is 0 Å². The van der Waals surface area contributed by atoms with Crippen molar-refractivity contribution in [3.63, 3.8) is 0 Å². The predicted octanol–water partition coefficient (Wildman–Crippen LogP) is 1.57. The molecule has 134 valence electrons. The summed E-state index contributed by atoms with van der Waals surface area (Å²) >= 11 is 0. The van der Waals surface area contributed by atoms with E-state index in [0.29, 0.717) is 18.8 Å². The van der Waals surface area contributed by atoms with Crippen LogP contribution < -0.4 is 10.0 Å². The Hall–Kier alpha value is -1.93. The van der Waals surface area contributed by atoms with E-state index < -0.39 is 10.0 Å². The maximum Gasteiger partial charge on any atom is 0.240 e. The molecule has 0 saturated heterocycles. The molecule has 0 aliphatic carbocycles. The summed E-state index contributed by atoms with van der Waals surface area (Å²) in [6.45, 7) is 6.00. The van der Waals surface area contributed by atoms with E-state index in [2.05, 4.69) is 10.0 Å². The molecule has 1 aromatic carbocycles. The topological polar surface area (TPSA) is 95.6 Å². The number of rotatable bonds is 9. The monoisotopic (exact) mass is 355 g/mol. The molecule has 1 rings (SSSR count). The lowest BCUT2D eigenvalue weighted by molar-refractivity contribution is -0.128. The van der Waals surface area contributed by atoms with Crippen molar-refractivity contribution in [3.05, 3.63) is 24.3 Å². The SMILES string of the molecule is CCCCN(CCNS(=O)(=O)c1ccc(NC(C)=O)cc1)C(C)=O. The fourth-order valence-corrected chi connectivity index (χ4v) is 3.12. The number of nitrogens with zero attached hydrogens (tertiary/aromatic N) is 1. The molecule has 2 N–H and O–H groups in total. The molecule has 7 nitrogen and oxygen atoms in total. The molecule has 0 saturated carbocycles. The van der Waals surface area contributed by atoms with Gasteiger partial charge in [-0.1, -0.05) is 13.3 Å². The Morgan fingerprint density at radius 2 is 1.71 bits per heavy atom.